The van der Waals surface area contributed by atoms with Crippen LogP contribution in [0.3, 0.4) is 0 Å². The first-order chi connectivity index (χ1) is 10.2. The topological polar surface area (TPSA) is 55.1 Å². The first kappa shape index (κ1) is 12.9. The zero-order valence-corrected chi connectivity index (χ0v) is 12.2. The molecule has 110 valence electrons. The maximum atomic E-state index is 11.3. The number of carbonyl (C=O) groups is 1. The molecule has 4 heteroatoms. The summed E-state index contributed by atoms with van der Waals surface area (Å²) in [6, 6.07) is 5.85. The molecule has 0 aliphatic heterocycles. The Hall–Kier alpha value is -1.84. The van der Waals surface area contributed by atoms with Crippen LogP contribution in [0.4, 0.5) is 0 Å². The highest BCUT2D eigenvalue weighted by Crippen LogP contribution is 2.53. The van der Waals surface area contributed by atoms with Crippen LogP contribution in [0, 0.1) is 11.8 Å². The number of aromatic nitrogens is 2. The number of aryl methyl sites for hydroxylation is 1. The van der Waals surface area contributed by atoms with E-state index < -0.39 is 5.97 Å². The van der Waals surface area contributed by atoms with E-state index in [1.807, 2.05) is 12.1 Å². The summed E-state index contributed by atoms with van der Waals surface area (Å²) >= 11 is 0. The first-order valence-corrected chi connectivity index (χ1v) is 7.93. The molecule has 0 unspecified atom stereocenters. The van der Waals surface area contributed by atoms with Crippen molar-refractivity contribution in [2.45, 2.75) is 45.1 Å². The van der Waals surface area contributed by atoms with Crippen LogP contribution in [-0.2, 0) is 6.42 Å². The van der Waals surface area contributed by atoms with E-state index >= 15 is 0 Å². The van der Waals surface area contributed by atoms with Crippen molar-refractivity contribution in [2.75, 3.05) is 0 Å². The third kappa shape index (κ3) is 2.13. The standard InChI is InChI=1S/C17H20N2O2/c1-2-15-18-13-8-7-12(17(20)21)9-14(13)19(15)16(10-3-4-10)11-5-6-11/h7-11,16H,2-6H2,1H3,(H,20,21). The number of carboxylic acids is 1. The minimum atomic E-state index is -0.864. The van der Waals surface area contributed by atoms with Crippen LogP contribution in [0.1, 0.15) is 54.8 Å². The fraction of sp³-hybridized carbons (Fsp3) is 0.529. The molecule has 1 N–H and O–H groups in total. The normalized spacial score (nSPS) is 18.6. The second-order valence-corrected chi connectivity index (χ2v) is 6.43. The molecule has 1 aromatic heterocycles. The summed E-state index contributed by atoms with van der Waals surface area (Å²) in [6.07, 6.45) is 6.13. The van der Waals surface area contributed by atoms with Gasteiger partial charge in [-0.1, -0.05) is 6.92 Å². The van der Waals surface area contributed by atoms with Crippen molar-refractivity contribution in [1.82, 2.24) is 9.55 Å². The van der Waals surface area contributed by atoms with Crippen LogP contribution in [0.2, 0.25) is 0 Å². The van der Waals surface area contributed by atoms with Crippen LogP contribution in [0.25, 0.3) is 11.0 Å². The van der Waals surface area contributed by atoms with E-state index in [0.29, 0.717) is 11.6 Å². The van der Waals surface area contributed by atoms with Gasteiger partial charge in [0.1, 0.15) is 5.82 Å². The van der Waals surface area contributed by atoms with Crippen molar-refractivity contribution in [3.8, 4) is 0 Å². The van der Waals surface area contributed by atoms with Crippen molar-refractivity contribution >= 4 is 17.0 Å². The lowest BCUT2D eigenvalue weighted by molar-refractivity contribution is 0.0697. The highest BCUT2D eigenvalue weighted by Gasteiger charge is 2.43. The number of hydrogen-bond acceptors (Lipinski definition) is 2. The van der Waals surface area contributed by atoms with Gasteiger partial charge in [0.25, 0.3) is 0 Å². The van der Waals surface area contributed by atoms with Crippen LogP contribution in [-0.4, -0.2) is 20.6 Å². The SMILES string of the molecule is CCc1nc2ccc(C(=O)O)cc2n1C(C1CC1)C1CC1. The van der Waals surface area contributed by atoms with E-state index in [0.717, 1.165) is 35.1 Å². The zero-order valence-electron chi connectivity index (χ0n) is 12.2. The summed E-state index contributed by atoms with van der Waals surface area (Å²) in [7, 11) is 0. The summed E-state index contributed by atoms with van der Waals surface area (Å²) in [5, 5.41) is 9.25. The fourth-order valence-corrected chi connectivity index (χ4v) is 3.54. The van der Waals surface area contributed by atoms with Gasteiger partial charge in [-0.3, -0.25) is 0 Å². The maximum Gasteiger partial charge on any atom is 0.335 e. The number of nitrogens with zero attached hydrogens (tertiary/aromatic N) is 2. The van der Waals surface area contributed by atoms with E-state index in [1.54, 1.807) is 6.07 Å². The minimum absolute atomic E-state index is 0.358. The highest BCUT2D eigenvalue weighted by molar-refractivity contribution is 5.92. The van der Waals surface area contributed by atoms with Gasteiger partial charge in [0.2, 0.25) is 0 Å². The zero-order chi connectivity index (χ0) is 14.6. The van der Waals surface area contributed by atoms with Crippen LogP contribution in [0.15, 0.2) is 18.2 Å². The van der Waals surface area contributed by atoms with Crippen molar-refractivity contribution in [3.63, 3.8) is 0 Å². The number of aromatic carboxylic acids is 1. The van der Waals surface area contributed by atoms with Crippen molar-refractivity contribution in [1.29, 1.82) is 0 Å². The van der Waals surface area contributed by atoms with E-state index in [1.165, 1.54) is 25.7 Å². The second-order valence-electron chi connectivity index (χ2n) is 6.43. The molecular weight excluding hydrogens is 264 g/mol. The smallest absolute Gasteiger partial charge is 0.335 e. The van der Waals surface area contributed by atoms with Crippen LogP contribution >= 0.6 is 0 Å². The summed E-state index contributed by atoms with van der Waals surface area (Å²) in [5.41, 5.74) is 2.30. The van der Waals surface area contributed by atoms with E-state index in [4.69, 9.17) is 4.98 Å². The second kappa shape index (κ2) is 4.58. The van der Waals surface area contributed by atoms with Crippen LogP contribution in [0.5, 0.6) is 0 Å². The summed E-state index contributed by atoms with van der Waals surface area (Å²) < 4.78 is 2.37. The molecule has 2 aromatic rings. The van der Waals surface area contributed by atoms with E-state index in [9.17, 15) is 9.90 Å². The first-order valence-electron chi connectivity index (χ1n) is 7.93. The van der Waals surface area contributed by atoms with Crippen LogP contribution < -0.4 is 0 Å². The number of benzene rings is 1. The Morgan fingerprint density at radius 2 is 2.00 bits per heavy atom. The molecule has 0 radical (unpaired) electrons. The molecule has 2 fully saturated rings. The predicted molar refractivity (Wildman–Crippen MR) is 80.6 cm³/mol. The molecule has 4 rings (SSSR count). The largest absolute Gasteiger partial charge is 0.478 e. The summed E-state index contributed by atoms with van der Waals surface area (Å²) in [5.74, 6) is 1.79. The van der Waals surface area contributed by atoms with Crippen molar-refractivity contribution in [3.05, 3.63) is 29.6 Å². The number of fused-ring (bicyclic) bond motifs is 1. The number of rotatable bonds is 5. The number of hydrogen-bond donors (Lipinski definition) is 1. The Bertz CT molecular complexity index is 699. The van der Waals surface area contributed by atoms with Gasteiger partial charge in [-0.25, -0.2) is 9.78 Å². The van der Waals surface area contributed by atoms with Gasteiger partial charge in [0.05, 0.1) is 16.6 Å². The molecule has 0 atom stereocenters. The highest BCUT2D eigenvalue weighted by atomic mass is 16.4. The lowest BCUT2D eigenvalue weighted by Crippen LogP contribution is -2.16. The van der Waals surface area contributed by atoms with Gasteiger partial charge >= 0.3 is 5.97 Å². The van der Waals surface area contributed by atoms with Gasteiger partial charge < -0.3 is 9.67 Å². The third-order valence-corrected chi connectivity index (χ3v) is 4.83. The molecule has 0 bridgehead atoms. The maximum absolute atomic E-state index is 11.3. The number of imidazole rings is 1. The van der Waals surface area contributed by atoms with E-state index in [2.05, 4.69) is 11.5 Å². The van der Waals surface area contributed by atoms with Crippen molar-refractivity contribution in [2.24, 2.45) is 11.8 Å². The number of carboxylic acid groups (broad SMARTS) is 1. The molecule has 1 aromatic carbocycles. The Morgan fingerprint density at radius 3 is 2.52 bits per heavy atom. The molecule has 2 saturated carbocycles. The molecule has 0 saturated heterocycles. The molecule has 1 heterocycles. The van der Waals surface area contributed by atoms with Gasteiger partial charge in [-0.2, -0.15) is 0 Å². The van der Waals surface area contributed by atoms with Gasteiger partial charge in [0, 0.05) is 12.5 Å². The lowest BCUT2D eigenvalue weighted by atomic mass is 10.1. The Kier molecular flexibility index (Phi) is 2.81. The monoisotopic (exact) mass is 284 g/mol. The molecule has 0 spiro atoms. The third-order valence-electron chi connectivity index (χ3n) is 4.83. The molecule has 21 heavy (non-hydrogen) atoms. The van der Waals surface area contributed by atoms with E-state index in [-0.39, 0.29) is 0 Å². The summed E-state index contributed by atoms with van der Waals surface area (Å²) in [4.78, 5) is 16.0. The Morgan fingerprint density at radius 1 is 1.33 bits per heavy atom. The quantitative estimate of drug-likeness (QED) is 0.911. The van der Waals surface area contributed by atoms with Gasteiger partial charge in [0.15, 0.2) is 0 Å². The molecule has 2 aliphatic carbocycles. The fourth-order valence-electron chi connectivity index (χ4n) is 3.54. The minimum Gasteiger partial charge on any atom is -0.478 e. The molecular formula is C17H20N2O2. The molecule has 2 aliphatic rings. The van der Waals surface area contributed by atoms with Gasteiger partial charge in [-0.15, -0.1) is 0 Å². The average Bonchev–Trinajstić information content (AvgIpc) is 3.37. The Labute approximate surface area is 123 Å². The molecule has 4 nitrogen and oxygen atoms in total. The summed E-state index contributed by atoms with van der Waals surface area (Å²) in [6.45, 7) is 2.13. The van der Waals surface area contributed by atoms with Crippen molar-refractivity contribution < 1.29 is 9.90 Å². The molecule has 0 amide bonds. The van der Waals surface area contributed by atoms with Gasteiger partial charge in [-0.05, 0) is 55.7 Å². The Balaban J connectivity index is 1.91. The predicted octanol–water partition coefficient (Wildman–Crippen LogP) is 3.66. The lowest BCUT2D eigenvalue weighted by Gasteiger charge is -2.21. The average molecular weight is 284 g/mol.